The van der Waals surface area contributed by atoms with Crippen molar-refractivity contribution in [1.29, 1.82) is 0 Å². The quantitative estimate of drug-likeness (QED) is 0.402. The Morgan fingerprint density at radius 3 is 1.66 bits per heavy atom. The van der Waals surface area contributed by atoms with Crippen molar-refractivity contribution in [3.05, 3.63) is 48.6 Å². The lowest BCUT2D eigenvalue weighted by atomic mass is 9.88. The first-order valence-electron chi connectivity index (χ1n) is 10.8. The molecule has 168 valence electrons. The molecule has 1 saturated carbocycles. The van der Waals surface area contributed by atoms with Crippen LogP contribution in [0.2, 0.25) is 0 Å². The average Bonchev–Trinajstić information content (AvgIpc) is 3.61. The second-order valence-electron chi connectivity index (χ2n) is 8.23. The maximum Gasteiger partial charge on any atom is 0.241 e. The summed E-state index contributed by atoms with van der Waals surface area (Å²) in [4.78, 5) is 13.6. The van der Waals surface area contributed by atoms with E-state index in [0.29, 0.717) is 60.1 Å². The van der Waals surface area contributed by atoms with Crippen LogP contribution in [0.5, 0.6) is 0 Å². The number of hydrogen-bond donors (Lipinski definition) is 0. The van der Waals surface area contributed by atoms with Gasteiger partial charge >= 0.3 is 0 Å². The summed E-state index contributed by atoms with van der Waals surface area (Å²) < 4.78 is 21.6. The van der Waals surface area contributed by atoms with Gasteiger partial charge < -0.3 is 17.9 Å². The van der Waals surface area contributed by atoms with Gasteiger partial charge in [0.2, 0.25) is 23.4 Å². The Bertz CT molecular complexity index is 1020. The smallest absolute Gasteiger partial charge is 0.241 e. The molecule has 1 fully saturated rings. The Labute approximate surface area is 185 Å². The lowest BCUT2D eigenvalue weighted by Crippen LogP contribution is -2.50. The van der Waals surface area contributed by atoms with E-state index in [9.17, 15) is 0 Å². The molecule has 0 bridgehead atoms. The minimum atomic E-state index is 0.347. The molecule has 0 radical (unpaired) electrons. The number of likely N-dealkylation sites (N-methyl/N-ethyl adjacent to an activating group) is 2. The molecule has 1 aliphatic rings. The third-order valence-electron chi connectivity index (χ3n) is 6.01. The van der Waals surface area contributed by atoms with Crippen LogP contribution < -0.4 is 0 Å². The summed E-state index contributed by atoms with van der Waals surface area (Å²) in [7, 11) is 4.21. The largest absolute Gasteiger partial charge is 0.461 e. The van der Waals surface area contributed by atoms with Crippen LogP contribution in [0.25, 0.3) is 23.2 Å². The molecule has 4 aromatic heterocycles. The monoisotopic (exact) mass is 438 g/mol. The minimum absolute atomic E-state index is 0.347. The highest BCUT2D eigenvalue weighted by atomic mass is 16.5. The van der Waals surface area contributed by atoms with E-state index in [1.807, 2.05) is 12.1 Å². The summed E-state index contributed by atoms with van der Waals surface area (Å²) in [5.74, 6) is 3.30. The highest BCUT2D eigenvalue weighted by Crippen LogP contribution is 2.28. The molecule has 4 heterocycles. The van der Waals surface area contributed by atoms with Crippen molar-refractivity contribution in [2.75, 3.05) is 14.1 Å². The fourth-order valence-electron chi connectivity index (χ4n) is 4.43. The highest BCUT2D eigenvalue weighted by Gasteiger charge is 2.32. The van der Waals surface area contributed by atoms with Crippen LogP contribution in [-0.4, -0.2) is 56.3 Å². The van der Waals surface area contributed by atoms with Crippen molar-refractivity contribution in [1.82, 2.24) is 30.1 Å². The van der Waals surface area contributed by atoms with Gasteiger partial charge in [-0.2, -0.15) is 9.97 Å². The lowest BCUT2D eigenvalue weighted by Gasteiger charge is -2.41. The fraction of sp³-hybridized carbons (Fsp3) is 0.455. The Balaban J connectivity index is 1.24. The second-order valence-corrected chi connectivity index (χ2v) is 8.23. The highest BCUT2D eigenvalue weighted by molar-refractivity contribution is 5.45. The lowest BCUT2D eigenvalue weighted by molar-refractivity contribution is 0.0581. The van der Waals surface area contributed by atoms with Crippen molar-refractivity contribution < 1.29 is 17.9 Å². The molecular weight excluding hydrogens is 412 g/mol. The van der Waals surface area contributed by atoms with Gasteiger partial charge in [0.1, 0.15) is 0 Å². The van der Waals surface area contributed by atoms with Gasteiger partial charge in [-0.15, -0.1) is 0 Å². The topological polar surface area (TPSA) is 111 Å². The maximum absolute atomic E-state index is 5.46. The number of nitrogens with zero attached hydrogens (tertiary/aromatic N) is 6. The van der Waals surface area contributed by atoms with Crippen LogP contribution in [0.15, 0.2) is 54.7 Å². The summed E-state index contributed by atoms with van der Waals surface area (Å²) >= 11 is 0. The molecule has 0 saturated heterocycles. The van der Waals surface area contributed by atoms with E-state index in [1.165, 1.54) is 12.8 Å². The van der Waals surface area contributed by atoms with Gasteiger partial charge in [-0.25, -0.2) is 0 Å². The first kappa shape index (κ1) is 20.7. The summed E-state index contributed by atoms with van der Waals surface area (Å²) in [5, 5.41) is 8.08. The third-order valence-corrected chi connectivity index (χ3v) is 6.01. The molecule has 10 heteroatoms. The fourth-order valence-corrected chi connectivity index (χ4v) is 4.43. The molecular formula is C22H26N6O4. The standard InChI is InChI=1S/C22H26N6O4/c1-27(13-19-23-21(25-31-19)17-9-5-11-29-17)15-7-3-4-8-16(15)28(2)14-20-24-22(26-32-20)18-10-6-12-30-18/h5-6,9-12,15-16H,3-4,7-8,13-14H2,1-2H3/t15-,16-/m1/s1. The van der Waals surface area contributed by atoms with Crippen LogP contribution >= 0.6 is 0 Å². The van der Waals surface area contributed by atoms with Gasteiger partial charge in [0.05, 0.1) is 25.6 Å². The molecule has 1 aliphatic carbocycles. The van der Waals surface area contributed by atoms with Gasteiger partial charge in [-0.05, 0) is 51.2 Å². The van der Waals surface area contributed by atoms with E-state index in [2.05, 4.69) is 44.2 Å². The zero-order chi connectivity index (χ0) is 21.9. The van der Waals surface area contributed by atoms with E-state index in [-0.39, 0.29) is 0 Å². The molecule has 2 atom stereocenters. The molecule has 0 N–H and O–H groups in total. The number of rotatable bonds is 8. The Morgan fingerprint density at radius 2 is 1.25 bits per heavy atom. The van der Waals surface area contributed by atoms with Crippen LogP contribution in [0, 0.1) is 0 Å². The van der Waals surface area contributed by atoms with Crippen molar-refractivity contribution in [3.63, 3.8) is 0 Å². The molecule has 4 aromatic rings. The molecule has 0 aromatic carbocycles. The average molecular weight is 438 g/mol. The Kier molecular flexibility index (Phi) is 5.87. The predicted octanol–water partition coefficient (Wildman–Crippen LogP) is 3.85. The molecule has 5 rings (SSSR count). The molecule has 0 spiro atoms. The van der Waals surface area contributed by atoms with E-state index in [4.69, 9.17) is 17.9 Å². The summed E-state index contributed by atoms with van der Waals surface area (Å²) in [6.07, 6.45) is 7.80. The van der Waals surface area contributed by atoms with Crippen molar-refractivity contribution in [2.45, 2.75) is 50.9 Å². The van der Waals surface area contributed by atoms with Gasteiger partial charge in [0, 0.05) is 12.1 Å². The molecule has 0 unspecified atom stereocenters. The SMILES string of the molecule is CN(Cc1nc(-c2ccco2)no1)[C@@H]1CCCC[C@H]1N(C)Cc1nc(-c2ccco2)no1. The van der Waals surface area contributed by atoms with Gasteiger partial charge in [-0.1, -0.05) is 23.2 Å². The van der Waals surface area contributed by atoms with E-state index < -0.39 is 0 Å². The van der Waals surface area contributed by atoms with Gasteiger partial charge in [0.15, 0.2) is 11.5 Å². The summed E-state index contributed by atoms with van der Waals surface area (Å²) in [6, 6.07) is 7.95. The Morgan fingerprint density at radius 1 is 0.781 bits per heavy atom. The van der Waals surface area contributed by atoms with Crippen LogP contribution in [0.1, 0.15) is 37.5 Å². The van der Waals surface area contributed by atoms with Crippen molar-refractivity contribution in [3.8, 4) is 23.2 Å². The van der Waals surface area contributed by atoms with E-state index in [0.717, 1.165) is 12.8 Å². The van der Waals surface area contributed by atoms with Gasteiger partial charge in [0.25, 0.3) is 0 Å². The zero-order valence-corrected chi connectivity index (χ0v) is 18.2. The van der Waals surface area contributed by atoms with Crippen molar-refractivity contribution >= 4 is 0 Å². The van der Waals surface area contributed by atoms with Crippen LogP contribution in [0.4, 0.5) is 0 Å². The first-order valence-corrected chi connectivity index (χ1v) is 10.8. The minimum Gasteiger partial charge on any atom is -0.461 e. The number of aromatic nitrogens is 4. The summed E-state index contributed by atoms with van der Waals surface area (Å²) in [6.45, 7) is 1.15. The molecule has 0 aliphatic heterocycles. The Hall–Kier alpha value is -3.24. The predicted molar refractivity (Wildman–Crippen MR) is 113 cm³/mol. The zero-order valence-electron chi connectivity index (χ0n) is 18.2. The number of hydrogen-bond acceptors (Lipinski definition) is 10. The molecule has 32 heavy (non-hydrogen) atoms. The van der Waals surface area contributed by atoms with Crippen molar-refractivity contribution in [2.24, 2.45) is 0 Å². The second kappa shape index (κ2) is 9.09. The summed E-state index contributed by atoms with van der Waals surface area (Å²) in [5.41, 5.74) is 0. The normalized spacial score (nSPS) is 19.2. The van der Waals surface area contributed by atoms with Crippen LogP contribution in [0.3, 0.4) is 0 Å². The van der Waals surface area contributed by atoms with E-state index in [1.54, 1.807) is 24.7 Å². The maximum atomic E-state index is 5.46. The number of furan rings is 2. The molecule has 0 amide bonds. The first-order chi connectivity index (χ1) is 15.7. The molecule has 10 nitrogen and oxygen atoms in total. The van der Waals surface area contributed by atoms with Gasteiger partial charge in [-0.3, -0.25) is 9.80 Å². The van der Waals surface area contributed by atoms with E-state index >= 15 is 0 Å². The third kappa shape index (κ3) is 4.37. The van der Waals surface area contributed by atoms with Crippen LogP contribution in [-0.2, 0) is 13.1 Å².